The van der Waals surface area contributed by atoms with Gasteiger partial charge in [0.25, 0.3) is 0 Å². The van der Waals surface area contributed by atoms with Crippen LogP contribution in [0.3, 0.4) is 0 Å². The highest BCUT2D eigenvalue weighted by molar-refractivity contribution is 7.17. The number of thiazole rings is 1. The molecule has 3 aromatic heterocycles. The Bertz CT molecular complexity index is 808. The van der Waals surface area contributed by atoms with Crippen LogP contribution in [-0.4, -0.2) is 19.2 Å². The minimum absolute atomic E-state index is 0.747. The van der Waals surface area contributed by atoms with Crippen LogP contribution in [0.2, 0.25) is 0 Å². The van der Waals surface area contributed by atoms with E-state index in [2.05, 4.69) is 52.6 Å². The summed E-state index contributed by atoms with van der Waals surface area (Å²) in [6.07, 6.45) is 6.05. The summed E-state index contributed by atoms with van der Waals surface area (Å²) < 4.78 is 4.09. The number of aromatic nitrogens is 4. The number of imidazole rings is 1. The van der Waals surface area contributed by atoms with Crippen LogP contribution in [0, 0.1) is 20.8 Å². The van der Waals surface area contributed by atoms with Gasteiger partial charge >= 0.3 is 0 Å². The summed E-state index contributed by atoms with van der Waals surface area (Å²) in [6.45, 7) is 12.4. The molecule has 3 heterocycles. The molecule has 0 aliphatic heterocycles. The van der Waals surface area contributed by atoms with Gasteiger partial charge in [-0.3, -0.25) is 9.08 Å². The van der Waals surface area contributed by atoms with Crippen molar-refractivity contribution in [3.63, 3.8) is 0 Å². The van der Waals surface area contributed by atoms with E-state index in [1.54, 1.807) is 11.3 Å². The topological polar surface area (TPSA) is 47.2 Å². The van der Waals surface area contributed by atoms with Crippen molar-refractivity contribution in [2.45, 2.75) is 40.4 Å². The van der Waals surface area contributed by atoms with E-state index in [9.17, 15) is 0 Å². The van der Waals surface area contributed by atoms with E-state index >= 15 is 0 Å². The standard InChI is InChI=1S/C16H21N5S/c1-5-6-20-9-14(11(2)19-20)7-17-8-15-10-21-12(3)13(4)22-16(21)18-15/h5,9-10,17H,1,6-8H2,2-4H3. The van der Waals surface area contributed by atoms with Crippen LogP contribution in [0.4, 0.5) is 0 Å². The van der Waals surface area contributed by atoms with E-state index in [0.717, 1.165) is 36.0 Å². The first kappa shape index (κ1) is 15.0. The molecule has 0 spiro atoms. The predicted molar refractivity (Wildman–Crippen MR) is 90.2 cm³/mol. The lowest BCUT2D eigenvalue weighted by atomic mass is 10.2. The lowest BCUT2D eigenvalue weighted by Crippen LogP contribution is -2.13. The van der Waals surface area contributed by atoms with Gasteiger partial charge in [0.2, 0.25) is 0 Å². The molecule has 0 saturated heterocycles. The minimum Gasteiger partial charge on any atom is -0.307 e. The zero-order valence-corrected chi connectivity index (χ0v) is 14.1. The number of allylic oxidation sites excluding steroid dienone is 1. The molecule has 0 saturated carbocycles. The fourth-order valence-corrected chi connectivity index (χ4v) is 3.44. The normalized spacial score (nSPS) is 11.4. The Morgan fingerprint density at radius 2 is 2.09 bits per heavy atom. The maximum absolute atomic E-state index is 4.67. The summed E-state index contributed by atoms with van der Waals surface area (Å²) in [7, 11) is 0. The van der Waals surface area contributed by atoms with Gasteiger partial charge in [0, 0.05) is 41.6 Å². The molecule has 0 bridgehead atoms. The molecule has 0 atom stereocenters. The third kappa shape index (κ3) is 2.84. The Hall–Kier alpha value is -1.92. The Kier molecular flexibility index (Phi) is 4.13. The third-order valence-electron chi connectivity index (χ3n) is 3.82. The summed E-state index contributed by atoms with van der Waals surface area (Å²) in [5.41, 5.74) is 4.63. The van der Waals surface area contributed by atoms with Gasteiger partial charge in [-0.25, -0.2) is 4.98 Å². The van der Waals surface area contributed by atoms with Crippen LogP contribution in [-0.2, 0) is 19.6 Å². The highest BCUT2D eigenvalue weighted by Gasteiger charge is 2.09. The quantitative estimate of drug-likeness (QED) is 0.711. The molecule has 0 radical (unpaired) electrons. The van der Waals surface area contributed by atoms with Crippen molar-refractivity contribution in [3.8, 4) is 0 Å². The molecule has 0 unspecified atom stereocenters. The lowest BCUT2D eigenvalue weighted by molar-refractivity contribution is 0.677. The molecule has 0 fully saturated rings. The molecule has 22 heavy (non-hydrogen) atoms. The van der Waals surface area contributed by atoms with E-state index in [0.29, 0.717) is 0 Å². The SMILES string of the molecule is C=CCn1cc(CNCc2cn3c(C)c(C)sc3n2)c(C)n1. The van der Waals surface area contributed by atoms with Crippen LogP contribution >= 0.6 is 11.3 Å². The molecule has 6 heteroatoms. The van der Waals surface area contributed by atoms with Crippen LogP contribution in [0.25, 0.3) is 4.96 Å². The van der Waals surface area contributed by atoms with E-state index in [-0.39, 0.29) is 0 Å². The predicted octanol–water partition coefficient (Wildman–Crippen LogP) is 2.99. The van der Waals surface area contributed by atoms with Crippen LogP contribution in [0.5, 0.6) is 0 Å². The molecule has 5 nitrogen and oxygen atoms in total. The number of hydrogen-bond donors (Lipinski definition) is 1. The van der Waals surface area contributed by atoms with E-state index in [1.165, 1.54) is 16.1 Å². The molecule has 1 N–H and O–H groups in total. The number of hydrogen-bond acceptors (Lipinski definition) is 4. The number of nitrogens with one attached hydrogen (secondary N) is 1. The Balaban J connectivity index is 1.63. The zero-order chi connectivity index (χ0) is 15.7. The highest BCUT2D eigenvalue weighted by Crippen LogP contribution is 2.21. The number of fused-ring (bicyclic) bond motifs is 1. The van der Waals surface area contributed by atoms with Crippen molar-refractivity contribution in [3.05, 3.63) is 52.6 Å². The molecule has 3 rings (SSSR count). The maximum atomic E-state index is 4.67. The van der Waals surface area contributed by atoms with Crippen LogP contribution in [0.1, 0.15) is 27.5 Å². The van der Waals surface area contributed by atoms with Gasteiger partial charge in [-0.1, -0.05) is 6.08 Å². The van der Waals surface area contributed by atoms with E-state index in [4.69, 9.17) is 0 Å². The first-order chi connectivity index (χ1) is 10.6. The zero-order valence-electron chi connectivity index (χ0n) is 13.3. The molecular formula is C16H21N5S. The largest absolute Gasteiger partial charge is 0.307 e. The van der Waals surface area contributed by atoms with Crippen molar-refractivity contribution in [1.29, 1.82) is 0 Å². The molecule has 0 aliphatic carbocycles. The minimum atomic E-state index is 0.747. The molecule has 0 aliphatic rings. The van der Waals surface area contributed by atoms with Gasteiger partial charge < -0.3 is 5.32 Å². The summed E-state index contributed by atoms with van der Waals surface area (Å²) in [6, 6.07) is 0. The van der Waals surface area contributed by atoms with Crippen molar-refractivity contribution < 1.29 is 0 Å². The maximum Gasteiger partial charge on any atom is 0.194 e. The van der Waals surface area contributed by atoms with Crippen molar-refractivity contribution in [2.24, 2.45) is 0 Å². The lowest BCUT2D eigenvalue weighted by Gasteiger charge is -2.01. The smallest absolute Gasteiger partial charge is 0.194 e. The summed E-state index contributed by atoms with van der Waals surface area (Å²) in [4.78, 5) is 7.06. The van der Waals surface area contributed by atoms with Gasteiger partial charge in [0.15, 0.2) is 4.96 Å². The average Bonchev–Trinajstić information content (AvgIpc) is 3.09. The second-order valence-corrected chi connectivity index (χ2v) is 6.66. The molecule has 0 aromatic carbocycles. The fourth-order valence-electron chi connectivity index (χ4n) is 2.47. The van der Waals surface area contributed by atoms with Gasteiger partial charge in [-0.05, 0) is 20.8 Å². The molecule has 3 aromatic rings. The summed E-state index contributed by atoms with van der Waals surface area (Å²) in [5.74, 6) is 0. The van der Waals surface area contributed by atoms with Crippen molar-refractivity contribution >= 4 is 16.3 Å². The van der Waals surface area contributed by atoms with Crippen molar-refractivity contribution in [2.75, 3.05) is 0 Å². The monoisotopic (exact) mass is 315 g/mol. The Labute approximate surface area is 134 Å². The summed E-state index contributed by atoms with van der Waals surface area (Å²) >= 11 is 1.74. The van der Waals surface area contributed by atoms with Gasteiger partial charge in [-0.2, -0.15) is 5.10 Å². The van der Waals surface area contributed by atoms with Gasteiger partial charge in [-0.15, -0.1) is 17.9 Å². The Morgan fingerprint density at radius 1 is 1.27 bits per heavy atom. The number of nitrogens with zero attached hydrogens (tertiary/aromatic N) is 4. The average molecular weight is 315 g/mol. The molecule has 116 valence electrons. The second-order valence-electron chi connectivity index (χ2n) is 5.48. The van der Waals surface area contributed by atoms with E-state index < -0.39 is 0 Å². The van der Waals surface area contributed by atoms with Crippen LogP contribution < -0.4 is 5.32 Å². The first-order valence-corrected chi connectivity index (χ1v) is 8.18. The van der Waals surface area contributed by atoms with E-state index in [1.807, 2.05) is 17.7 Å². The van der Waals surface area contributed by atoms with Crippen molar-refractivity contribution in [1.82, 2.24) is 24.5 Å². The van der Waals surface area contributed by atoms with Gasteiger partial charge in [0.1, 0.15) is 0 Å². The van der Waals surface area contributed by atoms with Gasteiger partial charge in [0.05, 0.1) is 17.9 Å². The molecular weight excluding hydrogens is 294 g/mol. The summed E-state index contributed by atoms with van der Waals surface area (Å²) in [5, 5.41) is 7.91. The fraction of sp³-hybridized carbons (Fsp3) is 0.375. The van der Waals surface area contributed by atoms with Crippen LogP contribution in [0.15, 0.2) is 25.0 Å². The first-order valence-electron chi connectivity index (χ1n) is 7.37. The third-order valence-corrected chi connectivity index (χ3v) is 4.90. The second kappa shape index (κ2) is 6.06. The highest BCUT2D eigenvalue weighted by atomic mass is 32.1. The number of aryl methyl sites for hydroxylation is 3. The molecule has 0 amide bonds. The Morgan fingerprint density at radius 3 is 2.82 bits per heavy atom. The number of rotatable bonds is 6.